The number of carbonyl (C=O) groups is 1. The predicted octanol–water partition coefficient (Wildman–Crippen LogP) is 2.07. The van der Waals surface area contributed by atoms with Crippen molar-refractivity contribution in [1.29, 1.82) is 5.26 Å². The van der Waals surface area contributed by atoms with Gasteiger partial charge in [0.1, 0.15) is 11.7 Å². The minimum atomic E-state index is -0.512. The zero-order chi connectivity index (χ0) is 14.2. The molecule has 1 atom stereocenters. The van der Waals surface area contributed by atoms with Crippen LogP contribution in [0.5, 0.6) is 0 Å². The Balaban J connectivity index is 2.15. The van der Waals surface area contributed by atoms with Crippen molar-refractivity contribution in [2.75, 3.05) is 7.05 Å². The maximum Gasteiger partial charge on any atom is 0.410 e. The van der Waals surface area contributed by atoms with Crippen LogP contribution in [0.2, 0.25) is 0 Å². The Morgan fingerprint density at radius 1 is 1.63 bits per heavy atom. The van der Waals surface area contributed by atoms with Gasteiger partial charge in [-0.1, -0.05) is 0 Å². The van der Waals surface area contributed by atoms with Gasteiger partial charge in [-0.05, 0) is 33.3 Å². The van der Waals surface area contributed by atoms with Crippen LogP contribution < -0.4 is 0 Å². The fraction of sp³-hybridized carbons (Fsp3) is 0.615. The average Bonchev–Trinajstić information content (AvgIpc) is 2.84. The van der Waals surface area contributed by atoms with Gasteiger partial charge in [0.2, 0.25) is 0 Å². The quantitative estimate of drug-likeness (QED) is 0.776. The van der Waals surface area contributed by atoms with Crippen molar-refractivity contribution in [3.8, 4) is 6.07 Å². The lowest BCUT2D eigenvalue weighted by Gasteiger charge is -2.28. The number of rotatable bonds is 1. The minimum absolute atomic E-state index is 0.0792. The first-order chi connectivity index (χ1) is 8.81. The molecule has 0 aliphatic carbocycles. The third kappa shape index (κ3) is 2.70. The molecule has 6 nitrogen and oxygen atoms in total. The number of carbonyl (C=O) groups excluding carboxylic acids is 1. The molecular weight excluding hydrogens is 244 g/mol. The summed E-state index contributed by atoms with van der Waals surface area (Å²) in [5, 5.41) is 13.0. The first-order valence-electron chi connectivity index (χ1n) is 6.25. The second kappa shape index (κ2) is 4.57. The van der Waals surface area contributed by atoms with Crippen molar-refractivity contribution < 1.29 is 9.53 Å². The number of aryl methyl sites for hydroxylation is 1. The van der Waals surface area contributed by atoms with Crippen LogP contribution in [-0.4, -0.2) is 33.4 Å². The summed E-state index contributed by atoms with van der Waals surface area (Å²) in [7, 11) is 1.72. The summed E-state index contributed by atoms with van der Waals surface area (Å²) in [5.41, 5.74) is 0.768. The molecule has 0 saturated carbocycles. The van der Waals surface area contributed by atoms with E-state index in [0.717, 1.165) is 18.7 Å². The van der Waals surface area contributed by atoms with Gasteiger partial charge in [-0.15, -0.1) is 0 Å². The molecule has 19 heavy (non-hydrogen) atoms. The van der Waals surface area contributed by atoms with Gasteiger partial charge in [-0.3, -0.25) is 4.68 Å². The molecule has 0 unspecified atom stereocenters. The lowest BCUT2D eigenvalue weighted by Crippen LogP contribution is -2.36. The van der Waals surface area contributed by atoms with Crippen LogP contribution in [0.1, 0.15) is 44.6 Å². The van der Waals surface area contributed by atoms with Gasteiger partial charge < -0.3 is 9.64 Å². The van der Waals surface area contributed by atoms with E-state index in [-0.39, 0.29) is 12.1 Å². The van der Waals surface area contributed by atoms with Crippen molar-refractivity contribution in [2.24, 2.45) is 0 Å². The van der Waals surface area contributed by atoms with Crippen LogP contribution in [-0.2, 0) is 11.3 Å². The Bertz CT molecular complexity index is 536. The number of hydrogen-bond acceptors (Lipinski definition) is 4. The molecule has 0 saturated heterocycles. The number of nitrogens with zero attached hydrogens (tertiary/aromatic N) is 4. The van der Waals surface area contributed by atoms with Crippen LogP contribution in [0, 0.1) is 11.3 Å². The van der Waals surface area contributed by atoms with E-state index in [1.807, 2.05) is 26.8 Å². The highest BCUT2D eigenvalue weighted by molar-refractivity contribution is 5.68. The minimum Gasteiger partial charge on any atom is -0.444 e. The van der Waals surface area contributed by atoms with Crippen LogP contribution in [0.4, 0.5) is 4.79 Å². The number of aromatic nitrogens is 2. The van der Waals surface area contributed by atoms with Crippen molar-refractivity contribution in [3.05, 3.63) is 17.5 Å². The van der Waals surface area contributed by atoms with E-state index in [4.69, 9.17) is 10.00 Å². The highest BCUT2D eigenvalue weighted by Crippen LogP contribution is 2.31. The molecule has 102 valence electrons. The van der Waals surface area contributed by atoms with Gasteiger partial charge >= 0.3 is 6.09 Å². The third-order valence-corrected chi connectivity index (χ3v) is 3.03. The van der Waals surface area contributed by atoms with Gasteiger partial charge in [-0.2, -0.15) is 10.4 Å². The molecule has 1 amide bonds. The smallest absolute Gasteiger partial charge is 0.410 e. The normalized spacial score (nSPS) is 17.7. The van der Waals surface area contributed by atoms with Gasteiger partial charge in [0, 0.05) is 13.6 Å². The number of nitriles is 1. The van der Waals surface area contributed by atoms with E-state index < -0.39 is 5.60 Å². The number of fused-ring (bicyclic) bond motifs is 1. The molecule has 0 spiro atoms. The molecule has 6 heteroatoms. The summed E-state index contributed by atoms with van der Waals surface area (Å²) >= 11 is 0. The van der Waals surface area contributed by atoms with Crippen molar-refractivity contribution in [3.63, 3.8) is 0 Å². The first kappa shape index (κ1) is 13.4. The fourth-order valence-electron chi connectivity index (χ4n) is 2.18. The lowest BCUT2D eigenvalue weighted by molar-refractivity contribution is 0.0220. The van der Waals surface area contributed by atoms with E-state index in [9.17, 15) is 4.79 Å². The summed E-state index contributed by atoms with van der Waals surface area (Å²) in [6.45, 7) is 6.23. The molecule has 0 N–H and O–H groups in total. The van der Waals surface area contributed by atoms with E-state index in [0.29, 0.717) is 5.69 Å². The van der Waals surface area contributed by atoms with Gasteiger partial charge in [0.05, 0.1) is 11.7 Å². The number of amides is 1. The van der Waals surface area contributed by atoms with Crippen molar-refractivity contribution in [1.82, 2.24) is 14.7 Å². The van der Waals surface area contributed by atoms with E-state index >= 15 is 0 Å². The van der Waals surface area contributed by atoms with E-state index in [2.05, 4.69) is 5.10 Å². The molecule has 0 radical (unpaired) electrons. The van der Waals surface area contributed by atoms with Crippen LogP contribution in [0.15, 0.2) is 6.07 Å². The summed E-state index contributed by atoms with van der Waals surface area (Å²) < 4.78 is 7.13. The molecule has 1 aromatic rings. The van der Waals surface area contributed by atoms with Crippen molar-refractivity contribution in [2.45, 2.75) is 45.4 Å². The maximum atomic E-state index is 12.0. The Labute approximate surface area is 112 Å². The zero-order valence-corrected chi connectivity index (χ0v) is 11.7. The summed E-state index contributed by atoms with van der Waals surface area (Å²) in [5.74, 6) is 0. The summed E-state index contributed by atoms with van der Waals surface area (Å²) in [4.78, 5) is 13.6. The molecule has 0 fully saturated rings. The molecule has 0 bridgehead atoms. The molecule has 2 rings (SSSR count). The van der Waals surface area contributed by atoms with Gasteiger partial charge in [0.15, 0.2) is 5.69 Å². The van der Waals surface area contributed by atoms with Crippen LogP contribution >= 0.6 is 0 Å². The Morgan fingerprint density at radius 3 is 2.89 bits per heavy atom. The summed E-state index contributed by atoms with van der Waals surface area (Å²) in [6, 6.07) is 3.67. The molecule has 1 aromatic heterocycles. The fourth-order valence-corrected chi connectivity index (χ4v) is 2.18. The van der Waals surface area contributed by atoms with Crippen LogP contribution in [0.25, 0.3) is 0 Å². The topological polar surface area (TPSA) is 71.2 Å². The van der Waals surface area contributed by atoms with Gasteiger partial charge in [-0.25, -0.2) is 4.79 Å². The zero-order valence-electron chi connectivity index (χ0n) is 11.7. The SMILES string of the molecule is CN(C(=O)OC(C)(C)C)[C@@H]1CCn2nc(C#N)cc21. The largest absolute Gasteiger partial charge is 0.444 e. The number of hydrogen-bond donors (Lipinski definition) is 0. The van der Waals surface area contributed by atoms with Crippen molar-refractivity contribution >= 4 is 6.09 Å². The monoisotopic (exact) mass is 262 g/mol. The van der Waals surface area contributed by atoms with Gasteiger partial charge in [0.25, 0.3) is 0 Å². The lowest BCUT2D eigenvalue weighted by atomic mass is 10.1. The Morgan fingerprint density at radius 2 is 2.32 bits per heavy atom. The standard InChI is InChI=1S/C13H18N4O2/c1-13(2,3)19-12(18)16(4)10-5-6-17-11(10)7-9(8-14)15-17/h7,10H,5-6H2,1-4H3/t10-/m1/s1. The molecule has 2 heterocycles. The second-order valence-electron chi connectivity index (χ2n) is 5.69. The Hall–Kier alpha value is -2.03. The summed E-state index contributed by atoms with van der Waals surface area (Å²) in [6.07, 6.45) is 0.440. The average molecular weight is 262 g/mol. The first-order valence-corrected chi connectivity index (χ1v) is 6.25. The molecule has 0 aromatic carbocycles. The Kier molecular flexibility index (Phi) is 3.23. The highest BCUT2D eigenvalue weighted by atomic mass is 16.6. The second-order valence-corrected chi connectivity index (χ2v) is 5.69. The van der Waals surface area contributed by atoms with Crippen LogP contribution in [0.3, 0.4) is 0 Å². The highest BCUT2D eigenvalue weighted by Gasteiger charge is 2.32. The van der Waals surface area contributed by atoms with E-state index in [1.54, 1.807) is 22.7 Å². The third-order valence-electron chi connectivity index (χ3n) is 3.03. The predicted molar refractivity (Wildman–Crippen MR) is 68.3 cm³/mol. The molecular formula is C13H18N4O2. The maximum absolute atomic E-state index is 12.0. The molecule has 1 aliphatic rings. The number of ether oxygens (including phenoxy) is 1. The van der Waals surface area contributed by atoms with E-state index in [1.165, 1.54) is 0 Å². The molecule has 1 aliphatic heterocycles.